The zero-order valence-corrected chi connectivity index (χ0v) is 19.6. The van der Waals surface area contributed by atoms with Gasteiger partial charge in [0.15, 0.2) is 5.78 Å². The van der Waals surface area contributed by atoms with E-state index in [4.69, 9.17) is 4.74 Å². The van der Waals surface area contributed by atoms with E-state index in [1.807, 2.05) is 32.1 Å². The van der Waals surface area contributed by atoms with E-state index in [2.05, 4.69) is 31.0 Å². The molecule has 0 radical (unpaired) electrons. The van der Waals surface area contributed by atoms with Crippen LogP contribution in [0.5, 0.6) is 5.75 Å². The minimum absolute atomic E-state index is 0.0846. The summed E-state index contributed by atoms with van der Waals surface area (Å²) in [6.07, 6.45) is 4.55. The summed E-state index contributed by atoms with van der Waals surface area (Å²) in [5, 5.41) is 0. The van der Waals surface area contributed by atoms with Gasteiger partial charge >= 0.3 is 0 Å². The molecule has 3 aromatic rings. The number of aromatic amines is 1. The minimum atomic E-state index is -0.336. The summed E-state index contributed by atoms with van der Waals surface area (Å²) in [4.78, 5) is 16.0. The second-order valence-corrected chi connectivity index (χ2v) is 8.20. The number of hydrogen-bond acceptors (Lipinski definition) is 2. The molecule has 0 saturated carbocycles. The molecule has 4 heteroatoms. The fourth-order valence-electron chi connectivity index (χ4n) is 4.09. The maximum Gasteiger partial charge on any atom is 0.160 e. The number of Topliss-reactive ketones (excluding diaryl/α,β-unsaturated/α-hetero) is 1. The number of aryl methyl sites for hydroxylation is 2. The van der Waals surface area contributed by atoms with Crippen LogP contribution < -0.4 is 4.74 Å². The Morgan fingerprint density at radius 2 is 1.78 bits per heavy atom. The summed E-state index contributed by atoms with van der Waals surface area (Å²) in [5.41, 5.74) is 7.30. The lowest BCUT2D eigenvalue weighted by molar-refractivity contribution is -0.111. The Hall–Kier alpha value is -3.14. The van der Waals surface area contributed by atoms with Gasteiger partial charge in [-0.25, -0.2) is 4.39 Å². The molecule has 168 valence electrons. The predicted octanol–water partition coefficient (Wildman–Crippen LogP) is 7.31. The lowest BCUT2D eigenvalue weighted by Gasteiger charge is -2.11. The van der Waals surface area contributed by atoms with Crippen LogP contribution in [0.1, 0.15) is 61.7 Å². The number of ether oxygens (including phenoxy) is 1. The van der Waals surface area contributed by atoms with Crippen LogP contribution in [0.2, 0.25) is 0 Å². The van der Waals surface area contributed by atoms with Gasteiger partial charge in [-0.3, -0.25) is 4.79 Å². The molecule has 0 saturated heterocycles. The molecule has 1 aromatic heterocycles. The average molecular weight is 434 g/mol. The Bertz CT molecular complexity index is 1120. The van der Waals surface area contributed by atoms with Gasteiger partial charge in [0.1, 0.15) is 11.6 Å². The van der Waals surface area contributed by atoms with E-state index in [0.717, 1.165) is 58.7 Å². The fourth-order valence-corrected chi connectivity index (χ4v) is 4.09. The van der Waals surface area contributed by atoms with Crippen LogP contribution in [0.15, 0.2) is 42.5 Å². The first-order valence-corrected chi connectivity index (χ1v) is 11.3. The van der Waals surface area contributed by atoms with E-state index in [-0.39, 0.29) is 11.6 Å². The molecule has 0 aliphatic rings. The molecular weight excluding hydrogens is 401 g/mol. The third kappa shape index (κ3) is 5.18. The highest BCUT2D eigenvalue weighted by molar-refractivity contribution is 6.24. The van der Waals surface area contributed by atoms with Gasteiger partial charge in [-0.2, -0.15) is 0 Å². The Kier molecular flexibility index (Phi) is 7.68. The number of H-pyrrole nitrogens is 1. The quantitative estimate of drug-likeness (QED) is 0.360. The van der Waals surface area contributed by atoms with Crippen molar-refractivity contribution in [1.29, 1.82) is 0 Å². The van der Waals surface area contributed by atoms with Crippen molar-refractivity contribution in [3.8, 4) is 16.9 Å². The molecule has 3 nitrogen and oxygen atoms in total. The largest absolute Gasteiger partial charge is 0.494 e. The SMILES string of the molecule is CCCOc1ccc(-c2c(C)[nH]c(/C=C(/C(C)=O)c3cc(F)ccc3CCC)c2C)cc1. The van der Waals surface area contributed by atoms with Crippen LogP contribution in [0.25, 0.3) is 22.8 Å². The van der Waals surface area contributed by atoms with Gasteiger partial charge in [0.25, 0.3) is 0 Å². The number of benzene rings is 2. The van der Waals surface area contributed by atoms with Crippen LogP contribution in [0.4, 0.5) is 4.39 Å². The number of carbonyl (C=O) groups is 1. The van der Waals surface area contributed by atoms with Gasteiger partial charge in [0.2, 0.25) is 0 Å². The third-order valence-electron chi connectivity index (χ3n) is 5.64. The third-order valence-corrected chi connectivity index (χ3v) is 5.64. The van der Waals surface area contributed by atoms with Crippen molar-refractivity contribution < 1.29 is 13.9 Å². The van der Waals surface area contributed by atoms with Crippen molar-refractivity contribution >= 4 is 17.4 Å². The topological polar surface area (TPSA) is 42.1 Å². The normalized spacial score (nSPS) is 11.6. The first-order chi connectivity index (χ1) is 15.3. The monoisotopic (exact) mass is 433 g/mol. The Morgan fingerprint density at radius 1 is 1.06 bits per heavy atom. The summed E-state index contributed by atoms with van der Waals surface area (Å²) in [5.74, 6) is 0.436. The molecule has 0 aliphatic carbocycles. The van der Waals surface area contributed by atoms with Crippen molar-refractivity contribution in [2.75, 3.05) is 6.61 Å². The molecule has 1 N–H and O–H groups in total. The van der Waals surface area contributed by atoms with Crippen molar-refractivity contribution in [1.82, 2.24) is 4.98 Å². The molecule has 32 heavy (non-hydrogen) atoms. The number of nitrogens with one attached hydrogen (secondary N) is 1. The second kappa shape index (κ2) is 10.4. The molecule has 0 fully saturated rings. The average Bonchev–Trinajstić information content (AvgIpc) is 3.05. The second-order valence-electron chi connectivity index (χ2n) is 8.20. The van der Waals surface area contributed by atoms with Gasteiger partial charge in [-0.15, -0.1) is 0 Å². The Morgan fingerprint density at radius 3 is 2.41 bits per heavy atom. The van der Waals surface area contributed by atoms with Crippen molar-refractivity contribution in [3.63, 3.8) is 0 Å². The van der Waals surface area contributed by atoms with Crippen molar-refractivity contribution in [2.24, 2.45) is 0 Å². The molecule has 3 rings (SSSR count). The van der Waals surface area contributed by atoms with Crippen LogP contribution in [0, 0.1) is 19.7 Å². The molecule has 0 aliphatic heterocycles. The maximum atomic E-state index is 14.1. The number of rotatable bonds is 9. The lowest BCUT2D eigenvalue weighted by atomic mass is 9.93. The smallest absolute Gasteiger partial charge is 0.160 e. The van der Waals surface area contributed by atoms with Gasteiger partial charge in [0, 0.05) is 22.5 Å². The maximum absolute atomic E-state index is 14.1. The molecular formula is C28H32FNO2. The highest BCUT2D eigenvalue weighted by Gasteiger charge is 2.17. The van der Waals surface area contributed by atoms with Gasteiger partial charge in [-0.1, -0.05) is 38.5 Å². The molecule has 1 heterocycles. The van der Waals surface area contributed by atoms with Gasteiger partial charge < -0.3 is 9.72 Å². The summed E-state index contributed by atoms with van der Waals surface area (Å²) >= 11 is 0. The fraction of sp³-hybridized carbons (Fsp3) is 0.321. The number of halogens is 1. The summed E-state index contributed by atoms with van der Waals surface area (Å²) in [6.45, 7) is 10.5. The number of aromatic nitrogens is 1. The molecule has 0 atom stereocenters. The number of ketones is 1. The van der Waals surface area contributed by atoms with E-state index in [1.54, 1.807) is 6.07 Å². The van der Waals surface area contributed by atoms with E-state index >= 15 is 0 Å². The lowest BCUT2D eigenvalue weighted by Crippen LogP contribution is -2.02. The van der Waals surface area contributed by atoms with Crippen LogP contribution in [-0.2, 0) is 11.2 Å². The molecule has 0 amide bonds. The highest BCUT2D eigenvalue weighted by Crippen LogP contribution is 2.33. The number of allylic oxidation sites excluding steroid dienone is 1. The molecule has 0 unspecified atom stereocenters. The van der Waals surface area contributed by atoms with Crippen LogP contribution in [-0.4, -0.2) is 17.4 Å². The van der Waals surface area contributed by atoms with Crippen LogP contribution in [0.3, 0.4) is 0 Å². The van der Waals surface area contributed by atoms with E-state index in [0.29, 0.717) is 17.7 Å². The first kappa shape index (κ1) is 23.5. The van der Waals surface area contributed by atoms with E-state index in [1.165, 1.54) is 19.1 Å². The van der Waals surface area contributed by atoms with E-state index < -0.39 is 0 Å². The van der Waals surface area contributed by atoms with Crippen LogP contribution >= 0.6 is 0 Å². The first-order valence-electron chi connectivity index (χ1n) is 11.3. The molecule has 0 spiro atoms. The zero-order valence-electron chi connectivity index (χ0n) is 19.6. The van der Waals surface area contributed by atoms with Crippen molar-refractivity contribution in [3.05, 3.63) is 76.4 Å². The van der Waals surface area contributed by atoms with E-state index in [9.17, 15) is 9.18 Å². The highest BCUT2D eigenvalue weighted by atomic mass is 19.1. The van der Waals surface area contributed by atoms with Crippen molar-refractivity contribution in [2.45, 2.75) is 53.9 Å². The Labute approximate surface area is 190 Å². The molecule has 0 bridgehead atoms. The number of carbonyl (C=O) groups excluding carboxylic acids is 1. The molecule has 2 aromatic carbocycles. The van der Waals surface area contributed by atoms with Gasteiger partial charge in [-0.05, 0) is 86.2 Å². The number of hydrogen-bond donors (Lipinski definition) is 1. The minimum Gasteiger partial charge on any atom is -0.494 e. The predicted molar refractivity (Wildman–Crippen MR) is 130 cm³/mol. The summed E-state index contributed by atoms with van der Waals surface area (Å²) in [6, 6.07) is 12.8. The zero-order chi connectivity index (χ0) is 23.3. The summed E-state index contributed by atoms with van der Waals surface area (Å²) < 4.78 is 19.8. The summed E-state index contributed by atoms with van der Waals surface area (Å²) in [7, 11) is 0. The van der Waals surface area contributed by atoms with Gasteiger partial charge in [0.05, 0.1) is 6.61 Å². The Balaban J connectivity index is 2.05. The standard InChI is InChI=1S/C28H32FNO2/c1-6-8-21-9-12-23(29)16-26(21)25(20(5)31)17-27-18(3)28(19(4)30-27)22-10-13-24(14-11-22)32-15-7-2/h9-14,16-17,30H,6-8,15H2,1-5H3/b25-17-.